The number of nitrogens with one attached hydrogen (secondary N) is 1. The Morgan fingerprint density at radius 3 is 2.48 bits per heavy atom. The molecule has 1 saturated heterocycles. The maximum Gasteiger partial charge on any atom is 0.335 e. The molecule has 0 radical (unpaired) electrons. The van der Waals surface area contributed by atoms with E-state index in [9.17, 15) is 23.2 Å². The molecular formula is C14H14F2N2O3. The molecular weight excluding hydrogens is 282 g/mol. The van der Waals surface area contributed by atoms with Gasteiger partial charge in [0.1, 0.15) is 17.6 Å². The molecule has 4 amide bonds. The van der Waals surface area contributed by atoms with Gasteiger partial charge in [-0.05, 0) is 25.0 Å². The van der Waals surface area contributed by atoms with Crippen molar-refractivity contribution in [3.05, 3.63) is 29.3 Å². The molecule has 0 aromatic heterocycles. The van der Waals surface area contributed by atoms with Gasteiger partial charge in [-0.25, -0.2) is 18.5 Å². The zero-order valence-corrected chi connectivity index (χ0v) is 11.6. The van der Waals surface area contributed by atoms with Gasteiger partial charge >= 0.3 is 6.03 Å². The molecule has 21 heavy (non-hydrogen) atoms. The Morgan fingerprint density at radius 1 is 1.19 bits per heavy atom. The minimum atomic E-state index is -1.07. The first kappa shape index (κ1) is 15.1. The molecule has 1 atom stereocenters. The lowest BCUT2D eigenvalue weighted by molar-refractivity contribution is -0.134. The van der Waals surface area contributed by atoms with Crippen LogP contribution in [0.25, 0.3) is 0 Å². The fraction of sp³-hybridized carbons (Fsp3) is 0.357. The van der Waals surface area contributed by atoms with Crippen LogP contribution in [-0.4, -0.2) is 17.8 Å². The molecule has 2 rings (SSSR count). The Kier molecular flexibility index (Phi) is 4.02. The van der Waals surface area contributed by atoms with Gasteiger partial charge in [0.25, 0.3) is 0 Å². The second-order valence-electron chi connectivity index (χ2n) is 4.86. The van der Waals surface area contributed by atoms with Gasteiger partial charge in [-0.2, -0.15) is 0 Å². The number of carbonyl (C=O) groups is 3. The Labute approximate surface area is 119 Å². The maximum absolute atomic E-state index is 13.9. The minimum Gasteiger partial charge on any atom is -0.277 e. The van der Waals surface area contributed by atoms with Crippen LogP contribution in [0.5, 0.6) is 0 Å². The van der Waals surface area contributed by atoms with E-state index in [-0.39, 0.29) is 12.0 Å². The summed E-state index contributed by atoms with van der Waals surface area (Å²) in [6, 6.07) is 0.608. The number of hydrogen-bond donors (Lipinski definition) is 1. The summed E-state index contributed by atoms with van der Waals surface area (Å²) in [4.78, 5) is 36.2. The lowest BCUT2D eigenvalue weighted by Crippen LogP contribution is -2.58. The highest BCUT2D eigenvalue weighted by Crippen LogP contribution is 2.27. The van der Waals surface area contributed by atoms with Gasteiger partial charge in [-0.3, -0.25) is 14.9 Å². The minimum absolute atomic E-state index is 0.0577. The van der Waals surface area contributed by atoms with Crippen LogP contribution >= 0.6 is 0 Å². The first-order chi connectivity index (χ1) is 9.86. The normalized spacial score (nSPS) is 19.0. The second kappa shape index (κ2) is 5.59. The predicted octanol–water partition coefficient (Wildman–Crippen LogP) is 2.27. The number of rotatable bonds is 3. The standard InChI is InChI=1S/C14H14F2N2O3/c1-3-4-8-12(19)17-14(21)18(13(8)20)11-6-9(15)7(2)5-10(11)16/h5-6,8H,3-4H2,1-2H3,(H,17,19,21). The molecule has 5 nitrogen and oxygen atoms in total. The number of anilines is 1. The van der Waals surface area contributed by atoms with Crippen molar-refractivity contribution in [2.24, 2.45) is 5.92 Å². The topological polar surface area (TPSA) is 66.5 Å². The highest BCUT2D eigenvalue weighted by Gasteiger charge is 2.41. The van der Waals surface area contributed by atoms with Crippen molar-refractivity contribution in [3.8, 4) is 0 Å². The second-order valence-corrected chi connectivity index (χ2v) is 4.86. The SMILES string of the molecule is CCCC1C(=O)NC(=O)N(c2cc(F)c(C)cc2F)C1=O. The summed E-state index contributed by atoms with van der Waals surface area (Å²) in [5, 5.41) is 1.99. The largest absolute Gasteiger partial charge is 0.335 e. The Balaban J connectivity index is 2.46. The summed E-state index contributed by atoms with van der Waals surface area (Å²) < 4.78 is 27.5. The first-order valence-electron chi connectivity index (χ1n) is 6.51. The van der Waals surface area contributed by atoms with Crippen molar-refractivity contribution in [2.75, 3.05) is 4.90 Å². The van der Waals surface area contributed by atoms with E-state index in [1.54, 1.807) is 6.92 Å². The van der Waals surface area contributed by atoms with Crippen LogP contribution in [0.4, 0.5) is 19.3 Å². The molecule has 0 saturated carbocycles. The van der Waals surface area contributed by atoms with Crippen LogP contribution in [0.2, 0.25) is 0 Å². The number of benzene rings is 1. The van der Waals surface area contributed by atoms with E-state index in [0.717, 1.165) is 12.1 Å². The van der Waals surface area contributed by atoms with Crippen LogP contribution in [0.1, 0.15) is 25.3 Å². The molecule has 7 heteroatoms. The molecule has 0 spiro atoms. The van der Waals surface area contributed by atoms with Crippen molar-refractivity contribution in [2.45, 2.75) is 26.7 Å². The number of halogens is 2. The highest BCUT2D eigenvalue weighted by atomic mass is 19.1. The molecule has 112 valence electrons. The number of imide groups is 2. The van der Waals surface area contributed by atoms with Crippen molar-refractivity contribution in [1.82, 2.24) is 5.32 Å². The van der Waals surface area contributed by atoms with Crippen LogP contribution < -0.4 is 10.2 Å². The van der Waals surface area contributed by atoms with Crippen LogP contribution in [0.3, 0.4) is 0 Å². The zero-order valence-electron chi connectivity index (χ0n) is 11.6. The molecule has 1 fully saturated rings. The highest BCUT2D eigenvalue weighted by molar-refractivity contribution is 6.27. The third kappa shape index (κ3) is 2.63. The number of aryl methyl sites for hydroxylation is 1. The van der Waals surface area contributed by atoms with Crippen molar-refractivity contribution >= 4 is 23.5 Å². The number of nitrogens with zero attached hydrogens (tertiary/aromatic N) is 1. The lowest BCUT2D eigenvalue weighted by Gasteiger charge is -2.30. The van der Waals surface area contributed by atoms with Gasteiger partial charge in [0.2, 0.25) is 11.8 Å². The first-order valence-corrected chi connectivity index (χ1v) is 6.51. The average Bonchev–Trinajstić information content (AvgIpc) is 2.40. The van der Waals surface area contributed by atoms with E-state index in [2.05, 4.69) is 0 Å². The summed E-state index contributed by atoms with van der Waals surface area (Å²) in [5.74, 6) is -4.27. The number of hydrogen-bond acceptors (Lipinski definition) is 3. The Morgan fingerprint density at radius 2 is 1.86 bits per heavy atom. The van der Waals surface area contributed by atoms with E-state index >= 15 is 0 Å². The molecule has 0 bridgehead atoms. The molecule has 1 aliphatic rings. The third-order valence-corrected chi connectivity index (χ3v) is 3.31. The molecule has 1 N–H and O–H groups in total. The average molecular weight is 296 g/mol. The van der Waals surface area contributed by atoms with E-state index in [4.69, 9.17) is 0 Å². The fourth-order valence-corrected chi connectivity index (χ4v) is 2.19. The van der Waals surface area contributed by atoms with Gasteiger partial charge in [-0.1, -0.05) is 13.3 Å². The predicted molar refractivity (Wildman–Crippen MR) is 70.5 cm³/mol. The lowest BCUT2D eigenvalue weighted by atomic mass is 9.98. The monoisotopic (exact) mass is 296 g/mol. The molecule has 0 aliphatic carbocycles. The zero-order chi connectivity index (χ0) is 15.7. The number of carbonyl (C=O) groups excluding carboxylic acids is 3. The Bertz CT molecular complexity index is 631. The van der Waals surface area contributed by atoms with Gasteiger partial charge in [0, 0.05) is 6.07 Å². The molecule has 1 aromatic rings. The van der Waals surface area contributed by atoms with Crippen molar-refractivity contribution in [3.63, 3.8) is 0 Å². The fourth-order valence-electron chi connectivity index (χ4n) is 2.19. The summed E-state index contributed by atoms with van der Waals surface area (Å²) in [6.45, 7) is 3.14. The molecule has 1 heterocycles. The smallest absolute Gasteiger partial charge is 0.277 e. The third-order valence-electron chi connectivity index (χ3n) is 3.31. The van der Waals surface area contributed by atoms with E-state index < -0.39 is 41.1 Å². The summed E-state index contributed by atoms with van der Waals surface area (Å²) in [5.41, 5.74) is -0.434. The van der Waals surface area contributed by atoms with E-state index in [0.29, 0.717) is 11.3 Å². The molecule has 1 aliphatic heterocycles. The summed E-state index contributed by atoms with van der Waals surface area (Å²) in [6.07, 6.45) is 0.765. The van der Waals surface area contributed by atoms with E-state index in [1.807, 2.05) is 5.32 Å². The molecule has 1 aromatic carbocycles. The van der Waals surface area contributed by atoms with E-state index in [1.165, 1.54) is 6.92 Å². The number of barbiturate groups is 1. The van der Waals surface area contributed by atoms with Crippen molar-refractivity contribution in [1.29, 1.82) is 0 Å². The number of amides is 4. The van der Waals surface area contributed by atoms with Crippen LogP contribution in [0, 0.1) is 24.5 Å². The van der Waals surface area contributed by atoms with Crippen molar-refractivity contribution < 1.29 is 23.2 Å². The quantitative estimate of drug-likeness (QED) is 0.870. The van der Waals surface area contributed by atoms with Gasteiger partial charge in [0.05, 0.1) is 5.69 Å². The Hall–Kier alpha value is -2.31. The van der Waals surface area contributed by atoms with Crippen LogP contribution in [-0.2, 0) is 9.59 Å². The molecule has 1 unspecified atom stereocenters. The van der Waals surface area contributed by atoms with Gasteiger partial charge in [0.15, 0.2) is 0 Å². The number of urea groups is 1. The summed E-state index contributed by atoms with van der Waals surface area (Å²) >= 11 is 0. The van der Waals surface area contributed by atoms with Gasteiger partial charge < -0.3 is 0 Å². The summed E-state index contributed by atoms with van der Waals surface area (Å²) in [7, 11) is 0. The van der Waals surface area contributed by atoms with Gasteiger partial charge in [-0.15, -0.1) is 0 Å². The maximum atomic E-state index is 13.9. The van der Waals surface area contributed by atoms with Crippen LogP contribution in [0.15, 0.2) is 12.1 Å².